The Morgan fingerprint density at radius 2 is 0.800 bits per heavy atom. The quantitative estimate of drug-likeness (QED) is 0.447. The number of rotatable bonds is 0. The Bertz CT molecular complexity index is 23.1. The van der Waals surface area contributed by atoms with Crippen LogP contribution in [0, 0.1) is 23.7 Å². The van der Waals surface area contributed by atoms with Crippen LogP contribution in [0.4, 0.5) is 0 Å². The van der Waals surface area contributed by atoms with Gasteiger partial charge in [-0.25, -0.2) is 0 Å². The summed E-state index contributed by atoms with van der Waals surface area (Å²) in [6, 6.07) is 0. The second-order valence-corrected chi connectivity index (χ2v) is 0. The molecule has 0 fully saturated rings. The summed E-state index contributed by atoms with van der Waals surface area (Å²) in [6.45, 7) is 9.50. The van der Waals surface area contributed by atoms with Gasteiger partial charge in [-0.2, -0.15) is 0 Å². The molecule has 0 aromatic heterocycles. The molecule has 0 rings (SSSR count). The van der Waals surface area contributed by atoms with Crippen LogP contribution < -0.4 is 0 Å². The van der Waals surface area contributed by atoms with E-state index in [0.717, 1.165) is 0 Å². The second kappa shape index (κ2) is 3430. The molecule has 0 aromatic carbocycles. The monoisotopic (exact) mass is 260 g/mol. The van der Waals surface area contributed by atoms with Crippen molar-refractivity contribution < 1.29 is 0 Å². The van der Waals surface area contributed by atoms with E-state index in [-0.39, 0.29) is 27.3 Å². The first-order valence-corrected chi connectivity index (χ1v) is 0.447. The molecule has 0 saturated heterocycles. The van der Waals surface area contributed by atoms with Crippen molar-refractivity contribution in [2.24, 2.45) is 0 Å². The van der Waals surface area contributed by atoms with E-state index >= 15 is 0 Å². The summed E-state index contributed by atoms with van der Waals surface area (Å²) in [5, 5.41) is 12.5. The van der Waals surface area contributed by atoms with Crippen molar-refractivity contribution in [3.63, 3.8) is 0 Å². The fourth-order valence-corrected chi connectivity index (χ4v) is 0. The Kier molecular flexibility index (Phi) is 14100. The fourth-order valence-electron chi connectivity index (χ4n) is 0. The minimum absolute atomic E-state index is 0. The smallest absolute Gasteiger partial charge is 0.512 e. The van der Waals surface area contributed by atoms with Crippen LogP contribution in [0.15, 0.2) is 0 Å². The van der Waals surface area contributed by atoms with Gasteiger partial charge in [-0.3, -0.25) is 0 Å². The summed E-state index contributed by atoms with van der Waals surface area (Å²) in [6.07, 6.45) is 0. The third kappa shape index (κ3) is 1470. The Labute approximate surface area is 51.2 Å². The third-order valence-corrected chi connectivity index (χ3v) is 0. The van der Waals surface area contributed by atoms with E-state index in [2.05, 4.69) is 0 Å². The number of hydrogen-bond acceptors (Lipinski definition) is 2. The van der Waals surface area contributed by atoms with Crippen LogP contribution >= 0.6 is 0 Å². The molecule has 3 heteroatoms. The van der Waals surface area contributed by atoms with E-state index in [4.69, 9.17) is 23.7 Å². The molecule has 0 bridgehead atoms. The van der Waals surface area contributed by atoms with Gasteiger partial charge in [-0.1, -0.05) is 0 Å². The van der Waals surface area contributed by atoms with Gasteiger partial charge in [0.1, 0.15) is 0 Å². The first-order chi connectivity index (χ1) is 2.00. The van der Waals surface area contributed by atoms with E-state index in [9.17, 15) is 0 Å². The third-order valence-electron chi connectivity index (χ3n) is 0. The standard InChI is InChI=1S/2CN.Pb/c2*1-2;/q2*-1;+2. The molecule has 0 spiro atoms. The summed E-state index contributed by atoms with van der Waals surface area (Å²) in [4.78, 5) is 0. The van der Waals surface area contributed by atoms with Crippen molar-refractivity contribution in [1.29, 1.82) is 10.5 Å². The zero-order valence-electron chi connectivity index (χ0n) is 2.39. The van der Waals surface area contributed by atoms with Crippen molar-refractivity contribution in [2.75, 3.05) is 0 Å². The van der Waals surface area contributed by atoms with Crippen molar-refractivity contribution in [1.82, 2.24) is 0 Å². The Morgan fingerprint density at radius 3 is 0.800 bits per heavy atom. The molecule has 0 aromatic rings. The summed E-state index contributed by atoms with van der Waals surface area (Å²) >= 11 is 0. The molecule has 2 nitrogen and oxygen atoms in total. The summed E-state index contributed by atoms with van der Waals surface area (Å²) in [5.41, 5.74) is 0. The SMILES string of the molecule is [C-]#N.[C-]#N.[Pb+2]. The molecule has 5 heavy (non-hydrogen) atoms. The molecule has 0 N–H and O–H groups in total. The summed E-state index contributed by atoms with van der Waals surface area (Å²) in [5.74, 6) is 0. The van der Waals surface area contributed by atoms with Crippen molar-refractivity contribution in [3.05, 3.63) is 13.1 Å². The van der Waals surface area contributed by atoms with Crippen molar-refractivity contribution >= 4 is 27.3 Å². The maximum Gasteiger partial charge on any atom is 2.00 e. The van der Waals surface area contributed by atoms with Gasteiger partial charge in [0.25, 0.3) is 0 Å². The Hall–Kier alpha value is -0.0979. The van der Waals surface area contributed by atoms with Gasteiger partial charge in [0.05, 0.1) is 0 Å². The van der Waals surface area contributed by atoms with Gasteiger partial charge in [-0.15, -0.1) is 0 Å². The maximum absolute atomic E-state index is 6.25. The van der Waals surface area contributed by atoms with Crippen LogP contribution in [0.3, 0.4) is 0 Å². The number of nitrogens with zero attached hydrogens (tertiary/aromatic N) is 2. The largest absolute Gasteiger partial charge is 2.00 e. The number of hydrogen-bond donors (Lipinski definition) is 0. The zero-order chi connectivity index (χ0) is 4.00. The van der Waals surface area contributed by atoms with Crippen LogP contribution in [-0.2, 0) is 0 Å². The average molecular weight is 259 g/mol. The first-order valence-electron chi connectivity index (χ1n) is 0.447. The Morgan fingerprint density at radius 1 is 0.800 bits per heavy atom. The molecular formula is C2N2Pb. The van der Waals surface area contributed by atoms with Crippen LogP contribution in [0.5, 0.6) is 0 Å². The molecule has 2 radical (unpaired) electrons. The average Bonchev–Trinajstić information content (AvgIpc) is 1.50. The predicted octanol–water partition coefficient (Wildman–Crippen LogP) is -0.188. The normalized spacial score (nSPS) is 0.800. The molecule has 0 atom stereocenters. The van der Waals surface area contributed by atoms with E-state index in [1.54, 1.807) is 0 Å². The molecule has 0 unspecified atom stereocenters. The fraction of sp³-hybridized carbons (Fsp3) is 0. The summed E-state index contributed by atoms with van der Waals surface area (Å²) < 4.78 is 0. The molecule has 0 aliphatic heterocycles. The van der Waals surface area contributed by atoms with E-state index in [0.29, 0.717) is 0 Å². The minimum Gasteiger partial charge on any atom is -0.512 e. The van der Waals surface area contributed by atoms with Gasteiger partial charge in [-0.05, 0) is 0 Å². The molecular weight excluding hydrogens is 259 g/mol. The van der Waals surface area contributed by atoms with Gasteiger partial charge < -0.3 is 23.7 Å². The van der Waals surface area contributed by atoms with Crippen LogP contribution in [0.25, 0.3) is 0 Å². The zero-order valence-corrected chi connectivity index (χ0v) is 6.28. The molecule has 0 amide bonds. The molecule has 0 saturated carbocycles. The molecule has 0 aliphatic carbocycles. The van der Waals surface area contributed by atoms with E-state index in [1.807, 2.05) is 0 Å². The molecule has 22 valence electrons. The van der Waals surface area contributed by atoms with Crippen molar-refractivity contribution in [2.45, 2.75) is 0 Å². The van der Waals surface area contributed by atoms with Crippen molar-refractivity contribution in [3.8, 4) is 0 Å². The van der Waals surface area contributed by atoms with Crippen LogP contribution in [-0.4, -0.2) is 27.3 Å². The molecule has 0 aliphatic rings. The topological polar surface area (TPSA) is 47.6 Å². The predicted molar refractivity (Wildman–Crippen MR) is 15.7 cm³/mol. The first kappa shape index (κ1) is 20.6. The van der Waals surface area contributed by atoms with Crippen LogP contribution in [0.2, 0.25) is 0 Å². The minimum atomic E-state index is 0. The van der Waals surface area contributed by atoms with Gasteiger partial charge in [0.15, 0.2) is 0 Å². The maximum atomic E-state index is 6.25. The van der Waals surface area contributed by atoms with Gasteiger partial charge in [0.2, 0.25) is 0 Å². The van der Waals surface area contributed by atoms with Gasteiger partial charge >= 0.3 is 27.3 Å². The van der Waals surface area contributed by atoms with E-state index in [1.165, 1.54) is 0 Å². The Balaban J connectivity index is -0.0000000133. The summed E-state index contributed by atoms with van der Waals surface area (Å²) in [7, 11) is 0. The van der Waals surface area contributed by atoms with E-state index < -0.39 is 0 Å². The van der Waals surface area contributed by atoms with Crippen LogP contribution in [0.1, 0.15) is 0 Å². The van der Waals surface area contributed by atoms with Gasteiger partial charge in [0, 0.05) is 0 Å². The molecule has 0 heterocycles. The second-order valence-electron chi connectivity index (χ2n) is 0.